The number of hydrogen-bond donors (Lipinski definition) is 1. The van der Waals surface area contributed by atoms with Crippen molar-refractivity contribution >= 4 is 5.91 Å². The van der Waals surface area contributed by atoms with Crippen molar-refractivity contribution in [2.24, 2.45) is 0 Å². The summed E-state index contributed by atoms with van der Waals surface area (Å²) in [4.78, 5) is 18.7. The van der Waals surface area contributed by atoms with E-state index in [9.17, 15) is 9.18 Å². The summed E-state index contributed by atoms with van der Waals surface area (Å²) in [5.41, 5.74) is 1.91. The number of benzene rings is 1. The summed E-state index contributed by atoms with van der Waals surface area (Å²) in [6.45, 7) is 4.59. The zero-order chi connectivity index (χ0) is 19.1. The van der Waals surface area contributed by atoms with E-state index in [-0.39, 0.29) is 17.8 Å². The van der Waals surface area contributed by atoms with Gasteiger partial charge in [-0.3, -0.25) is 9.78 Å². The van der Waals surface area contributed by atoms with Crippen LogP contribution in [0.2, 0.25) is 0 Å². The average molecular weight is 371 g/mol. The lowest BCUT2D eigenvalue weighted by Crippen LogP contribution is -2.35. The molecule has 1 aromatic heterocycles. The van der Waals surface area contributed by atoms with Crippen molar-refractivity contribution in [1.82, 2.24) is 15.2 Å². The number of halogens is 1. The molecular weight excluding hydrogens is 345 g/mol. The molecule has 0 aliphatic carbocycles. The first-order valence-electron chi connectivity index (χ1n) is 9.43. The highest BCUT2D eigenvalue weighted by molar-refractivity contribution is 5.78. The molecule has 1 atom stereocenters. The van der Waals surface area contributed by atoms with Crippen molar-refractivity contribution in [3.63, 3.8) is 0 Å². The lowest BCUT2D eigenvalue weighted by molar-refractivity contribution is -0.129. The maximum atomic E-state index is 12.8. The fourth-order valence-corrected chi connectivity index (χ4v) is 3.34. The highest BCUT2D eigenvalue weighted by Crippen LogP contribution is 2.23. The van der Waals surface area contributed by atoms with Crippen LogP contribution in [0.3, 0.4) is 0 Å². The maximum absolute atomic E-state index is 12.8. The fraction of sp³-hybridized carbons (Fsp3) is 0.429. The number of aromatic nitrogens is 1. The molecule has 1 fully saturated rings. The normalized spacial score (nSPS) is 16.7. The molecule has 5 nitrogen and oxygen atoms in total. The maximum Gasteiger partial charge on any atom is 0.223 e. The molecule has 0 spiro atoms. The summed E-state index contributed by atoms with van der Waals surface area (Å²) in [5, 5.41) is 3.35. The van der Waals surface area contributed by atoms with Gasteiger partial charge in [-0.2, -0.15) is 0 Å². The standard InChI is InChI=1S/C21H26FN3O2/c1-16-3-2-4-18(24-16)15-25-19(7-10-21(25)26)11-12-23-13-14-27-20-8-5-17(22)6-9-20/h2-6,8-9,19,23H,7,10-15H2,1H3. The van der Waals surface area contributed by atoms with E-state index in [1.54, 1.807) is 12.1 Å². The van der Waals surface area contributed by atoms with Crippen LogP contribution in [0, 0.1) is 12.7 Å². The number of ether oxygens (including phenoxy) is 1. The van der Waals surface area contributed by atoms with E-state index in [2.05, 4.69) is 10.3 Å². The van der Waals surface area contributed by atoms with Gasteiger partial charge in [0.15, 0.2) is 0 Å². The molecule has 1 aliphatic rings. The molecule has 2 aromatic rings. The SMILES string of the molecule is Cc1cccc(CN2C(=O)CCC2CCNCCOc2ccc(F)cc2)n1. The van der Waals surface area contributed by atoms with Gasteiger partial charge in [-0.15, -0.1) is 0 Å². The Hall–Kier alpha value is -2.47. The van der Waals surface area contributed by atoms with Crippen LogP contribution in [0.4, 0.5) is 4.39 Å². The number of aryl methyl sites for hydroxylation is 1. The third-order valence-corrected chi connectivity index (χ3v) is 4.75. The minimum Gasteiger partial charge on any atom is -0.492 e. The Balaban J connectivity index is 1.37. The summed E-state index contributed by atoms with van der Waals surface area (Å²) in [6.07, 6.45) is 2.43. The van der Waals surface area contributed by atoms with E-state index in [4.69, 9.17) is 4.74 Å². The van der Waals surface area contributed by atoms with E-state index in [1.807, 2.05) is 30.0 Å². The van der Waals surface area contributed by atoms with E-state index in [0.29, 0.717) is 31.9 Å². The number of hydrogen-bond acceptors (Lipinski definition) is 4. The Morgan fingerprint density at radius 3 is 2.81 bits per heavy atom. The highest BCUT2D eigenvalue weighted by Gasteiger charge is 2.30. The zero-order valence-electron chi connectivity index (χ0n) is 15.7. The molecular formula is C21H26FN3O2. The van der Waals surface area contributed by atoms with Crippen LogP contribution in [-0.4, -0.2) is 41.5 Å². The Morgan fingerprint density at radius 1 is 1.22 bits per heavy atom. The number of pyridine rings is 1. The largest absolute Gasteiger partial charge is 0.492 e. The average Bonchev–Trinajstić information content (AvgIpc) is 2.99. The molecule has 1 saturated heterocycles. The third kappa shape index (κ3) is 5.76. The molecule has 6 heteroatoms. The molecule has 0 saturated carbocycles. The molecule has 0 bridgehead atoms. The number of nitrogens with one attached hydrogen (secondary N) is 1. The van der Waals surface area contributed by atoms with E-state index in [1.165, 1.54) is 12.1 Å². The van der Waals surface area contributed by atoms with Gasteiger partial charge in [0.05, 0.1) is 12.2 Å². The Morgan fingerprint density at radius 2 is 2.04 bits per heavy atom. The molecule has 1 unspecified atom stereocenters. The van der Waals surface area contributed by atoms with Gasteiger partial charge in [0.1, 0.15) is 18.2 Å². The molecule has 0 radical (unpaired) electrons. The van der Waals surface area contributed by atoms with Gasteiger partial charge in [0.25, 0.3) is 0 Å². The van der Waals surface area contributed by atoms with Crippen LogP contribution < -0.4 is 10.1 Å². The van der Waals surface area contributed by atoms with Gasteiger partial charge in [-0.05, 0) is 62.7 Å². The van der Waals surface area contributed by atoms with Gasteiger partial charge in [0.2, 0.25) is 5.91 Å². The predicted octanol–water partition coefficient (Wildman–Crippen LogP) is 3.08. The van der Waals surface area contributed by atoms with E-state index in [0.717, 1.165) is 30.8 Å². The summed E-state index contributed by atoms with van der Waals surface area (Å²) >= 11 is 0. The van der Waals surface area contributed by atoms with E-state index >= 15 is 0 Å². The number of nitrogens with zero attached hydrogens (tertiary/aromatic N) is 2. The topological polar surface area (TPSA) is 54.5 Å². The summed E-state index contributed by atoms with van der Waals surface area (Å²) < 4.78 is 18.4. The van der Waals surface area contributed by atoms with Gasteiger partial charge >= 0.3 is 0 Å². The summed E-state index contributed by atoms with van der Waals surface area (Å²) in [7, 11) is 0. The summed E-state index contributed by atoms with van der Waals surface area (Å²) in [5.74, 6) is 0.608. The van der Waals surface area contributed by atoms with Crippen molar-refractivity contribution in [2.75, 3.05) is 19.7 Å². The minimum atomic E-state index is -0.267. The monoisotopic (exact) mass is 371 g/mol. The van der Waals surface area contributed by atoms with Gasteiger partial charge in [0, 0.05) is 24.7 Å². The molecule has 1 amide bonds. The Kier molecular flexibility index (Phi) is 6.76. The molecule has 3 rings (SSSR count). The number of carbonyl (C=O) groups excluding carboxylic acids is 1. The van der Waals surface area contributed by atoms with Crippen LogP contribution in [0.25, 0.3) is 0 Å². The van der Waals surface area contributed by atoms with Crippen molar-refractivity contribution < 1.29 is 13.9 Å². The molecule has 27 heavy (non-hydrogen) atoms. The molecule has 1 N–H and O–H groups in total. The number of amides is 1. The second kappa shape index (κ2) is 9.46. The van der Waals surface area contributed by atoms with Crippen molar-refractivity contribution in [3.8, 4) is 5.75 Å². The smallest absolute Gasteiger partial charge is 0.223 e. The Labute approximate surface area is 159 Å². The first kappa shape index (κ1) is 19.3. The fourth-order valence-electron chi connectivity index (χ4n) is 3.34. The molecule has 1 aliphatic heterocycles. The first-order chi connectivity index (χ1) is 13.1. The van der Waals surface area contributed by atoms with Gasteiger partial charge in [-0.1, -0.05) is 6.07 Å². The van der Waals surface area contributed by atoms with Gasteiger partial charge < -0.3 is 15.0 Å². The zero-order valence-corrected chi connectivity index (χ0v) is 15.7. The van der Waals surface area contributed by atoms with Crippen molar-refractivity contribution in [3.05, 3.63) is 59.7 Å². The van der Waals surface area contributed by atoms with Crippen LogP contribution in [0.1, 0.15) is 30.7 Å². The summed E-state index contributed by atoms with van der Waals surface area (Å²) in [6, 6.07) is 12.2. The van der Waals surface area contributed by atoms with Crippen LogP contribution in [0.5, 0.6) is 5.75 Å². The van der Waals surface area contributed by atoms with Crippen molar-refractivity contribution in [1.29, 1.82) is 0 Å². The number of carbonyl (C=O) groups is 1. The quantitative estimate of drug-likeness (QED) is 0.689. The molecule has 1 aromatic carbocycles. The van der Waals surface area contributed by atoms with Crippen molar-refractivity contribution in [2.45, 2.75) is 38.8 Å². The second-order valence-electron chi connectivity index (χ2n) is 6.83. The van der Waals surface area contributed by atoms with E-state index < -0.39 is 0 Å². The predicted molar refractivity (Wildman–Crippen MR) is 102 cm³/mol. The lowest BCUT2D eigenvalue weighted by atomic mass is 10.1. The second-order valence-corrected chi connectivity index (χ2v) is 6.83. The first-order valence-corrected chi connectivity index (χ1v) is 9.43. The van der Waals surface area contributed by atoms with Gasteiger partial charge in [-0.25, -0.2) is 4.39 Å². The van der Waals surface area contributed by atoms with Crippen LogP contribution >= 0.6 is 0 Å². The highest BCUT2D eigenvalue weighted by atomic mass is 19.1. The Bertz CT molecular complexity index is 751. The van der Waals surface area contributed by atoms with Crippen LogP contribution in [-0.2, 0) is 11.3 Å². The van der Waals surface area contributed by atoms with Crippen LogP contribution in [0.15, 0.2) is 42.5 Å². The minimum absolute atomic E-state index is 0.211. The number of likely N-dealkylation sites (tertiary alicyclic amines) is 1. The lowest BCUT2D eigenvalue weighted by Gasteiger charge is -2.25. The number of rotatable bonds is 9. The molecule has 2 heterocycles. The molecule has 144 valence electrons. The third-order valence-electron chi connectivity index (χ3n) is 4.75.